The molecule has 0 atom stereocenters. The number of carbonyl (C=O) groups is 1. The third-order valence-electron chi connectivity index (χ3n) is 5.34. The van der Waals surface area contributed by atoms with Gasteiger partial charge in [0.1, 0.15) is 29.6 Å². The van der Waals surface area contributed by atoms with Crippen LogP contribution in [0.1, 0.15) is 27.0 Å². The molecule has 0 bridgehead atoms. The quantitative estimate of drug-likeness (QED) is 0.398. The van der Waals surface area contributed by atoms with Gasteiger partial charge in [-0.25, -0.2) is 0 Å². The van der Waals surface area contributed by atoms with Crippen LogP contribution < -0.4 is 19.5 Å². The second kappa shape index (κ2) is 10.3. The summed E-state index contributed by atoms with van der Waals surface area (Å²) in [7, 11) is 1.31. The van der Waals surface area contributed by atoms with Gasteiger partial charge in [-0.05, 0) is 60.5 Å². The molecule has 0 saturated carbocycles. The van der Waals surface area contributed by atoms with Crippen molar-refractivity contribution in [3.8, 4) is 23.0 Å². The van der Waals surface area contributed by atoms with Gasteiger partial charge in [-0.2, -0.15) is 13.2 Å². The number of fused-ring (bicyclic) bond motifs is 1. The third kappa shape index (κ3) is 5.89. The predicted octanol–water partition coefficient (Wildman–Crippen LogP) is 6.54. The van der Waals surface area contributed by atoms with Gasteiger partial charge in [0.15, 0.2) is 0 Å². The zero-order valence-electron chi connectivity index (χ0n) is 18.6. The molecule has 0 radical (unpaired) electrons. The van der Waals surface area contributed by atoms with Crippen molar-refractivity contribution in [3.05, 3.63) is 87.9 Å². The van der Waals surface area contributed by atoms with Crippen molar-refractivity contribution in [3.63, 3.8) is 0 Å². The van der Waals surface area contributed by atoms with E-state index < -0.39 is 11.7 Å². The van der Waals surface area contributed by atoms with E-state index in [1.807, 2.05) is 12.2 Å². The highest BCUT2D eigenvalue weighted by Crippen LogP contribution is 2.37. The van der Waals surface area contributed by atoms with E-state index in [2.05, 4.69) is 5.32 Å². The van der Waals surface area contributed by atoms with Crippen LogP contribution in [0, 0.1) is 0 Å². The lowest BCUT2D eigenvalue weighted by Gasteiger charge is -2.15. The first-order valence-corrected chi connectivity index (χ1v) is 11.1. The van der Waals surface area contributed by atoms with Gasteiger partial charge < -0.3 is 19.5 Å². The molecule has 1 aliphatic rings. The Labute approximate surface area is 205 Å². The number of alkyl halides is 3. The van der Waals surface area contributed by atoms with Crippen LogP contribution in [-0.4, -0.2) is 26.2 Å². The number of carbonyl (C=O) groups excluding carboxylic acids is 1. The molecule has 0 aliphatic carbocycles. The largest absolute Gasteiger partial charge is 0.496 e. The number of ether oxygens (including phenoxy) is 3. The predicted molar refractivity (Wildman–Crippen MR) is 127 cm³/mol. The highest BCUT2D eigenvalue weighted by Gasteiger charge is 2.31. The van der Waals surface area contributed by atoms with E-state index in [4.69, 9.17) is 25.8 Å². The van der Waals surface area contributed by atoms with Crippen molar-refractivity contribution >= 4 is 23.6 Å². The number of halogens is 4. The van der Waals surface area contributed by atoms with Crippen molar-refractivity contribution in [1.82, 2.24) is 5.32 Å². The second-order valence-corrected chi connectivity index (χ2v) is 8.10. The van der Waals surface area contributed by atoms with Crippen molar-refractivity contribution in [2.24, 2.45) is 0 Å². The van der Waals surface area contributed by atoms with Crippen LogP contribution in [0.5, 0.6) is 23.0 Å². The number of methoxy groups -OCH3 is 1. The Bertz CT molecular complexity index is 1260. The average Bonchev–Trinajstić information content (AvgIpc) is 2.84. The van der Waals surface area contributed by atoms with E-state index >= 15 is 0 Å². The van der Waals surface area contributed by atoms with Gasteiger partial charge in [-0.3, -0.25) is 4.79 Å². The van der Waals surface area contributed by atoms with E-state index in [1.54, 1.807) is 36.4 Å². The van der Waals surface area contributed by atoms with Crippen molar-refractivity contribution in [2.75, 3.05) is 20.3 Å². The van der Waals surface area contributed by atoms with Gasteiger partial charge in [-0.15, -0.1) is 0 Å². The van der Waals surface area contributed by atoms with Gasteiger partial charge in [0.2, 0.25) is 0 Å². The zero-order valence-corrected chi connectivity index (χ0v) is 19.4. The van der Waals surface area contributed by atoms with E-state index in [9.17, 15) is 18.0 Å². The number of benzene rings is 3. The highest BCUT2D eigenvalue weighted by molar-refractivity contribution is 6.32. The topological polar surface area (TPSA) is 56.8 Å². The summed E-state index contributed by atoms with van der Waals surface area (Å²) in [5.74, 6) is 1.40. The summed E-state index contributed by atoms with van der Waals surface area (Å²) < 4.78 is 55.1. The van der Waals surface area contributed by atoms with Crippen LogP contribution in [-0.2, 0) is 12.6 Å². The lowest BCUT2D eigenvalue weighted by atomic mass is 10.1. The highest BCUT2D eigenvalue weighted by atomic mass is 35.5. The second-order valence-electron chi connectivity index (χ2n) is 7.69. The first-order chi connectivity index (χ1) is 16.7. The minimum atomic E-state index is -4.45. The lowest BCUT2D eigenvalue weighted by Crippen LogP contribution is -2.25. The van der Waals surface area contributed by atoms with Gasteiger partial charge in [0, 0.05) is 23.7 Å². The molecule has 1 aliphatic heterocycles. The lowest BCUT2D eigenvalue weighted by molar-refractivity contribution is -0.137. The molecule has 5 nitrogen and oxygen atoms in total. The molecule has 0 saturated heterocycles. The van der Waals surface area contributed by atoms with Gasteiger partial charge in [0.25, 0.3) is 5.91 Å². The molecule has 0 aromatic heterocycles. The minimum absolute atomic E-state index is 0.123. The standard InChI is InChI=1S/C26H21ClF3NO4/c1-33-22-14-19(26(28,29)30)7-4-16(22)10-11-31-25(32)17-5-8-20(9-6-17)35-24-15-23-18(13-21(24)27)3-2-12-34-23/h2-9,13-15H,10-12H2,1H3,(H,31,32). The molecule has 182 valence electrons. The molecule has 1 amide bonds. The Morgan fingerprint density at radius 2 is 1.86 bits per heavy atom. The number of rotatable bonds is 7. The molecule has 1 heterocycles. The van der Waals surface area contributed by atoms with Gasteiger partial charge in [0.05, 0.1) is 17.7 Å². The number of nitrogens with one attached hydrogen (secondary N) is 1. The number of hydrogen-bond acceptors (Lipinski definition) is 4. The SMILES string of the molecule is COc1cc(C(F)(F)F)ccc1CCNC(=O)c1ccc(Oc2cc3c(cc2Cl)C=CCO3)cc1. The molecular weight excluding hydrogens is 483 g/mol. The normalized spacial score (nSPS) is 12.5. The monoisotopic (exact) mass is 503 g/mol. The molecule has 3 aromatic rings. The molecule has 1 N–H and O–H groups in total. The van der Waals surface area contributed by atoms with Crippen LogP contribution in [0.25, 0.3) is 6.08 Å². The number of amides is 1. The molecule has 4 rings (SSSR count). The summed E-state index contributed by atoms with van der Waals surface area (Å²) in [4.78, 5) is 12.5. The molecule has 0 spiro atoms. The van der Waals surface area contributed by atoms with Crippen LogP contribution in [0.4, 0.5) is 13.2 Å². The van der Waals surface area contributed by atoms with Crippen LogP contribution in [0.2, 0.25) is 5.02 Å². The van der Waals surface area contributed by atoms with Gasteiger partial charge in [-0.1, -0.05) is 23.7 Å². The van der Waals surface area contributed by atoms with Crippen LogP contribution in [0.3, 0.4) is 0 Å². The molecule has 35 heavy (non-hydrogen) atoms. The fraction of sp³-hybridized carbons (Fsp3) is 0.192. The fourth-order valence-corrected chi connectivity index (χ4v) is 3.75. The maximum atomic E-state index is 12.9. The van der Waals surface area contributed by atoms with Crippen LogP contribution in [0.15, 0.2) is 60.7 Å². The Kier molecular flexibility index (Phi) is 7.21. The van der Waals surface area contributed by atoms with E-state index in [0.29, 0.717) is 46.4 Å². The van der Waals surface area contributed by atoms with Crippen molar-refractivity contribution in [1.29, 1.82) is 0 Å². The van der Waals surface area contributed by atoms with Crippen LogP contribution >= 0.6 is 11.6 Å². The summed E-state index contributed by atoms with van der Waals surface area (Å²) in [6.45, 7) is 0.696. The van der Waals surface area contributed by atoms with E-state index in [-0.39, 0.29) is 18.2 Å². The van der Waals surface area contributed by atoms with Crippen molar-refractivity contribution < 1.29 is 32.2 Å². The zero-order chi connectivity index (χ0) is 25.0. The Balaban J connectivity index is 1.35. The summed E-state index contributed by atoms with van der Waals surface area (Å²) in [6.07, 6.45) is -0.326. The molecule has 9 heteroatoms. The average molecular weight is 504 g/mol. The maximum absolute atomic E-state index is 12.9. The van der Waals surface area contributed by atoms with E-state index in [0.717, 1.165) is 17.7 Å². The Hall–Kier alpha value is -3.65. The molecular formula is C26H21ClF3NO4. The first kappa shape index (κ1) is 24.5. The Morgan fingerprint density at radius 1 is 1.09 bits per heavy atom. The summed E-state index contributed by atoms with van der Waals surface area (Å²) in [5.41, 5.74) is 1.05. The summed E-state index contributed by atoms with van der Waals surface area (Å²) in [6, 6.07) is 13.3. The maximum Gasteiger partial charge on any atom is 0.416 e. The number of hydrogen-bond donors (Lipinski definition) is 1. The molecule has 0 unspecified atom stereocenters. The fourth-order valence-electron chi connectivity index (χ4n) is 3.54. The summed E-state index contributed by atoms with van der Waals surface area (Å²) >= 11 is 6.31. The minimum Gasteiger partial charge on any atom is -0.496 e. The van der Waals surface area contributed by atoms with Gasteiger partial charge >= 0.3 is 6.18 Å². The van der Waals surface area contributed by atoms with Crippen molar-refractivity contribution in [2.45, 2.75) is 12.6 Å². The van der Waals surface area contributed by atoms with E-state index in [1.165, 1.54) is 13.2 Å². The smallest absolute Gasteiger partial charge is 0.416 e. The summed E-state index contributed by atoms with van der Waals surface area (Å²) in [5, 5.41) is 3.18. The molecule has 0 fully saturated rings. The molecule has 3 aromatic carbocycles. The first-order valence-electron chi connectivity index (χ1n) is 10.7. The third-order valence-corrected chi connectivity index (χ3v) is 5.63. The Morgan fingerprint density at radius 3 is 2.57 bits per heavy atom.